The first-order valence-electron chi connectivity index (χ1n) is 4.66. The lowest BCUT2D eigenvalue weighted by Gasteiger charge is -2.34. The molecule has 0 amide bonds. The summed E-state index contributed by atoms with van der Waals surface area (Å²) >= 11 is 0. The van der Waals surface area contributed by atoms with Gasteiger partial charge in [-0.1, -0.05) is 33.9 Å². The molecule has 0 aliphatic carbocycles. The van der Waals surface area contributed by atoms with Crippen LogP contribution in [0.2, 0.25) is 18.1 Å². The summed E-state index contributed by atoms with van der Waals surface area (Å²) in [5.41, 5.74) is 0. The van der Waals surface area contributed by atoms with Crippen LogP contribution in [-0.4, -0.2) is 31.7 Å². The van der Waals surface area contributed by atoms with Crippen molar-refractivity contribution in [2.24, 2.45) is 0 Å². The van der Waals surface area contributed by atoms with Crippen LogP contribution < -0.4 is 0 Å². The molecule has 0 aromatic carbocycles. The number of carbonyl (C=O) groups is 1. The molecule has 0 rings (SSSR count). The molecule has 0 fully saturated rings. The van der Waals surface area contributed by atoms with Gasteiger partial charge in [0.05, 0.1) is 12.5 Å². The zero-order chi connectivity index (χ0) is 10.9. The molecule has 78 valence electrons. The molecular formula is C10H23OSSi+. The standard InChI is InChI=1S/C10H23OSSi/c1-10(2,3)13(6,7)9(11)8-12(4)5/h8H2,1-7H3/q+1. The molecule has 1 nitrogen and oxygen atoms in total. The minimum atomic E-state index is -1.70. The van der Waals surface area contributed by atoms with Crippen LogP contribution in [-0.2, 0) is 15.7 Å². The molecular weight excluding hydrogens is 196 g/mol. The van der Waals surface area contributed by atoms with E-state index in [2.05, 4.69) is 46.4 Å². The third-order valence-electron chi connectivity index (χ3n) is 2.99. The molecule has 0 spiro atoms. The van der Waals surface area contributed by atoms with Gasteiger partial charge in [0, 0.05) is 0 Å². The summed E-state index contributed by atoms with van der Waals surface area (Å²) in [5, 5.41) is 0.733. The van der Waals surface area contributed by atoms with E-state index >= 15 is 0 Å². The average Bonchev–Trinajstić information content (AvgIpc) is 1.82. The van der Waals surface area contributed by atoms with E-state index in [1.165, 1.54) is 0 Å². The van der Waals surface area contributed by atoms with Crippen molar-refractivity contribution in [1.82, 2.24) is 0 Å². The fourth-order valence-electron chi connectivity index (χ4n) is 0.861. The van der Waals surface area contributed by atoms with Crippen LogP contribution in [0.1, 0.15) is 20.8 Å². The number of hydrogen-bond donors (Lipinski definition) is 0. The maximum atomic E-state index is 12.0. The predicted molar refractivity (Wildman–Crippen MR) is 66.3 cm³/mol. The van der Waals surface area contributed by atoms with Crippen LogP contribution >= 0.6 is 0 Å². The molecule has 0 radical (unpaired) electrons. The molecule has 0 saturated carbocycles. The minimum Gasteiger partial charge on any atom is -0.300 e. The van der Waals surface area contributed by atoms with Gasteiger partial charge >= 0.3 is 0 Å². The molecule has 0 aromatic rings. The summed E-state index contributed by atoms with van der Waals surface area (Å²) in [6.45, 7) is 11.0. The highest BCUT2D eigenvalue weighted by Gasteiger charge is 2.43. The molecule has 0 unspecified atom stereocenters. The Morgan fingerprint density at radius 3 is 1.85 bits per heavy atom. The van der Waals surface area contributed by atoms with Gasteiger partial charge in [-0.2, -0.15) is 0 Å². The van der Waals surface area contributed by atoms with E-state index < -0.39 is 8.07 Å². The minimum absolute atomic E-state index is 0.198. The van der Waals surface area contributed by atoms with Gasteiger partial charge in [-0.25, -0.2) is 0 Å². The Morgan fingerprint density at radius 1 is 1.23 bits per heavy atom. The number of hydrogen-bond acceptors (Lipinski definition) is 1. The Bertz CT molecular complexity index is 192. The first-order chi connectivity index (χ1) is 5.59. The van der Waals surface area contributed by atoms with Crippen LogP contribution in [0.3, 0.4) is 0 Å². The van der Waals surface area contributed by atoms with E-state index in [4.69, 9.17) is 0 Å². The van der Waals surface area contributed by atoms with Crippen molar-refractivity contribution >= 4 is 24.4 Å². The molecule has 3 heteroatoms. The Morgan fingerprint density at radius 2 is 1.62 bits per heavy atom. The van der Waals surface area contributed by atoms with E-state index in [0.717, 1.165) is 5.75 Å². The summed E-state index contributed by atoms with van der Waals surface area (Å²) in [4.78, 5) is 12.0. The van der Waals surface area contributed by atoms with E-state index in [-0.39, 0.29) is 15.9 Å². The molecule has 0 aliphatic rings. The zero-order valence-electron chi connectivity index (χ0n) is 10.0. The Labute approximate surface area is 86.7 Å². The van der Waals surface area contributed by atoms with Gasteiger partial charge in [-0.3, -0.25) is 0 Å². The van der Waals surface area contributed by atoms with Crippen LogP contribution in [0.15, 0.2) is 0 Å². The highest BCUT2D eigenvalue weighted by molar-refractivity contribution is 7.96. The maximum Gasteiger partial charge on any atom is 0.160 e. The normalized spacial score (nSPS) is 13.5. The molecule has 0 aliphatic heterocycles. The lowest BCUT2D eigenvalue weighted by Crippen LogP contribution is -2.48. The van der Waals surface area contributed by atoms with Gasteiger partial charge in [0.25, 0.3) is 0 Å². The van der Waals surface area contributed by atoms with Crippen molar-refractivity contribution in [2.75, 3.05) is 18.3 Å². The number of rotatable bonds is 3. The molecule has 0 saturated heterocycles. The monoisotopic (exact) mass is 219 g/mol. The van der Waals surface area contributed by atoms with Crippen molar-refractivity contribution in [1.29, 1.82) is 0 Å². The summed E-state index contributed by atoms with van der Waals surface area (Å²) < 4.78 is 0. The molecule has 0 N–H and O–H groups in total. The van der Waals surface area contributed by atoms with Crippen LogP contribution in [0.25, 0.3) is 0 Å². The average molecular weight is 219 g/mol. The van der Waals surface area contributed by atoms with E-state index in [1.807, 2.05) is 0 Å². The van der Waals surface area contributed by atoms with Crippen LogP contribution in [0, 0.1) is 0 Å². The Hall–Kier alpha value is 0.237. The topological polar surface area (TPSA) is 17.1 Å². The van der Waals surface area contributed by atoms with Gasteiger partial charge in [-0.05, 0) is 15.9 Å². The second-order valence-corrected chi connectivity index (χ2v) is 13.0. The van der Waals surface area contributed by atoms with Crippen molar-refractivity contribution in [3.63, 3.8) is 0 Å². The van der Waals surface area contributed by atoms with Crippen molar-refractivity contribution < 1.29 is 4.79 Å². The van der Waals surface area contributed by atoms with Gasteiger partial charge in [0.1, 0.15) is 8.07 Å². The molecule has 13 heavy (non-hydrogen) atoms. The fourth-order valence-corrected chi connectivity index (χ4v) is 4.53. The third kappa shape index (κ3) is 3.47. The second-order valence-electron chi connectivity index (χ2n) is 5.43. The summed E-state index contributed by atoms with van der Waals surface area (Å²) in [6, 6.07) is 0. The fraction of sp³-hybridized carbons (Fsp3) is 0.900. The zero-order valence-corrected chi connectivity index (χ0v) is 11.8. The predicted octanol–water partition coefficient (Wildman–Crippen LogP) is 2.48. The number of carbonyl (C=O) groups excluding carboxylic acids is 1. The van der Waals surface area contributed by atoms with Crippen LogP contribution in [0.5, 0.6) is 0 Å². The van der Waals surface area contributed by atoms with Gasteiger partial charge < -0.3 is 4.79 Å². The lowest BCUT2D eigenvalue weighted by atomic mass is 10.2. The molecule has 0 bridgehead atoms. The molecule has 0 aromatic heterocycles. The smallest absolute Gasteiger partial charge is 0.160 e. The first-order valence-corrected chi connectivity index (χ1v) is 9.87. The van der Waals surface area contributed by atoms with Crippen molar-refractivity contribution in [3.8, 4) is 0 Å². The summed E-state index contributed by atoms with van der Waals surface area (Å²) in [7, 11) is -1.44. The van der Waals surface area contributed by atoms with Gasteiger partial charge in [0.15, 0.2) is 11.2 Å². The van der Waals surface area contributed by atoms with Crippen molar-refractivity contribution in [3.05, 3.63) is 0 Å². The molecule has 0 atom stereocenters. The second kappa shape index (κ2) is 4.18. The third-order valence-corrected chi connectivity index (χ3v) is 9.41. The SMILES string of the molecule is C[S+](C)CC(=O)[Si](C)(C)C(C)(C)C. The first kappa shape index (κ1) is 13.2. The molecule has 0 heterocycles. The maximum absolute atomic E-state index is 12.0. The van der Waals surface area contributed by atoms with Gasteiger partial charge in [0.2, 0.25) is 0 Å². The van der Waals surface area contributed by atoms with E-state index in [1.54, 1.807) is 0 Å². The largest absolute Gasteiger partial charge is 0.300 e. The Balaban J connectivity index is 4.56. The van der Waals surface area contributed by atoms with Crippen LogP contribution in [0.4, 0.5) is 0 Å². The van der Waals surface area contributed by atoms with E-state index in [0.29, 0.717) is 5.41 Å². The van der Waals surface area contributed by atoms with E-state index in [9.17, 15) is 4.79 Å². The highest BCUT2D eigenvalue weighted by atomic mass is 32.2. The Kier molecular flexibility index (Phi) is 4.25. The highest BCUT2D eigenvalue weighted by Crippen LogP contribution is 2.36. The van der Waals surface area contributed by atoms with Crippen molar-refractivity contribution in [2.45, 2.75) is 38.9 Å². The lowest BCUT2D eigenvalue weighted by molar-refractivity contribution is -0.110. The summed E-state index contributed by atoms with van der Waals surface area (Å²) in [5.74, 6) is 0.788. The quantitative estimate of drug-likeness (QED) is 0.526. The van der Waals surface area contributed by atoms with Gasteiger partial charge in [-0.15, -0.1) is 0 Å². The summed E-state index contributed by atoms with van der Waals surface area (Å²) in [6.07, 6.45) is 4.29.